The van der Waals surface area contributed by atoms with Crippen LogP contribution in [0.1, 0.15) is 50.4 Å². The van der Waals surface area contributed by atoms with Crippen LogP contribution in [0.4, 0.5) is 16.2 Å². The Morgan fingerprint density at radius 1 is 1.10 bits per heavy atom. The first-order chi connectivity index (χ1) is 24.4. The number of fused-ring (bicyclic) bond motifs is 2. The molecule has 4 aromatic rings. The number of hydrogen-bond donors (Lipinski definition) is 3. The third-order valence-electron chi connectivity index (χ3n) is 9.14. The van der Waals surface area contributed by atoms with Crippen LogP contribution < -0.4 is 15.4 Å². The highest BCUT2D eigenvalue weighted by Crippen LogP contribution is 2.29. The van der Waals surface area contributed by atoms with E-state index < -0.39 is 34.1 Å². The highest BCUT2D eigenvalue weighted by molar-refractivity contribution is 7.89. The molecule has 1 aromatic heterocycles. The van der Waals surface area contributed by atoms with Crippen LogP contribution in [-0.2, 0) is 21.8 Å². The van der Waals surface area contributed by atoms with Gasteiger partial charge in [0.1, 0.15) is 5.75 Å². The summed E-state index contributed by atoms with van der Waals surface area (Å²) in [6.07, 6.45) is 4.28. The highest BCUT2D eigenvalue weighted by atomic mass is 32.2. The number of nitrogens with one attached hydrogen (secondary N) is 2. The van der Waals surface area contributed by atoms with Crippen molar-refractivity contribution in [2.24, 2.45) is 13.0 Å². The maximum Gasteiger partial charge on any atom is 0.323 e. The fourth-order valence-corrected chi connectivity index (χ4v) is 7.26. The summed E-state index contributed by atoms with van der Waals surface area (Å²) in [6.45, 7) is 5.84. The standard InChI is InChI=1S/C37H48N6O7S/c1-25-20-43(26(2)23-44)36(45)31-19-29(39-37(46)40-32-15-10-13-28-12-6-7-14-30(28)32)16-17-33(31)50-27(3)11-8-9-18-49-34(25)21-42(5)51(47,48)35-22-41(4)24-38-35/h6-7,10,12-17,19,22,24-27,34,44H,8-9,11,18,20-21,23H2,1-5H3,(H2,39,40,46)/t25-,26+,27-,34-/m0/s1. The van der Waals surface area contributed by atoms with E-state index in [-0.39, 0.29) is 42.3 Å². The Hall–Kier alpha value is -4.50. The van der Waals surface area contributed by atoms with E-state index in [1.54, 1.807) is 41.6 Å². The number of urea groups is 1. The number of aliphatic hydroxyl groups excluding tert-OH is 1. The van der Waals surface area contributed by atoms with E-state index in [1.165, 1.54) is 23.9 Å². The molecule has 14 heteroatoms. The van der Waals surface area contributed by atoms with Crippen LogP contribution in [0.3, 0.4) is 0 Å². The molecule has 0 radical (unpaired) electrons. The van der Waals surface area contributed by atoms with Crippen molar-refractivity contribution < 1.29 is 32.6 Å². The van der Waals surface area contributed by atoms with Gasteiger partial charge in [0.05, 0.1) is 42.4 Å². The molecule has 3 amide bonds. The fourth-order valence-electron chi connectivity index (χ4n) is 6.12. The predicted molar refractivity (Wildman–Crippen MR) is 196 cm³/mol. The Balaban J connectivity index is 1.41. The van der Waals surface area contributed by atoms with Gasteiger partial charge in [0.2, 0.25) is 0 Å². The molecule has 5 rings (SSSR count). The van der Waals surface area contributed by atoms with Crippen molar-refractivity contribution in [3.8, 4) is 5.75 Å². The van der Waals surface area contributed by atoms with Gasteiger partial charge in [-0.2, -0.15) is 4.31 Å². The minimum atomic E-state index is -3.90. The summed E-state index contributed by atoms with van der Waals surface area (Å²) in [6, 6.07) is 17.3. The van der Waals surface area contributed by atoms with Crippen LogP contribution in [0, 0.1) is 5.92 Å². The molecule has 13 nitrogen and oxygen atoms in total. The topological polar surface area (TPSA) is 155 Å². The Kier molecular flexibility index (Phi) is 12.3. The molecule has 0 saturated carbocycles. The average molecular weight is 721 g/mol. The number of sulfonamides is 1. The molecule has 1 aliphatic heterocycles. The Morgan fingerprint density at radius 3 is 2.61 bits per heavy atom. The first kappa shape index (κ1) is 37.7. The third-order valence-corrected chi connectivity index (χ3v) is 10.8. The Bertz CT molecular complexity index is 1930. The van der Waals surface area contributed by atoms with Gasteiger partial charge in [-0.15, -0.1) is 0 Å². The number of anilines is 2. The van der Waals surface area contributed by atoms with Gasteiger partial charge < -0.3 is 34.7 Å². The molecule has 0 spiro atoms. The number of carbonyl (C=O) groups is 2. The Labute approximate surface area is 299 Å². The highest BCUT2D eigenvalue weighted by Gasteiger charge is 2.33. The van der Waals surface area contributed by atoms with Crippen molar-refractivity contribution in [2.45, 2.75) is 63.3 Å². The average Bonchev–Trinajstić information content (AvgIpc) is 3.56. The van der Waals surface area contributed by atoms with E-state index in [1.807, 2.05) is 56.3 Å². The minimum Gasteiger partial charge on any atom is -0.490 e. The zero-order valence-corrected chi connectivity index (χ0v) is 30.6. The van der Waals surface area contributed by atoms with Gasteiger partial charge >= 0.3 is 6.03 Å². The smallest absolute Gasteiger partial charge is 0.323 e. The largest absolute Gasteiger partial charge is 0.490 e. The van der Waals surface area contributed by atoms with Crippen molar-refractivity contribution in [3.05, 3.63) is 78.8 Å². The fraction of sp³-hybridized carbons (Fsp3) is 0.432. The van der Waals surface area contributed by atoms with Crippen molar-refractivity contribution in [1.29, 1.82) is 0 Å². The number of aliphatic hydroxyl groups is 1. The number of aromatic nitrogens is 2. The van der Waals surface area contributed by atoms with Crippen molar-refractivity contribution >= 4 is 44.1 Å². The molecule has 2 heterocycles. The lowest BCUT2D eigenvalue weighted by molar-refractivity contribution is -0.00835. The predicted octanol–water partition coefficient (Wildman–Crippen LogP) is 5.33. The van der Waals surface area contributed by atoms with E-state index in [4.69, 9.17) is 9.47 Å². The number of imidazole rings is 1. The number of benzene rings is 3. The molecule has 4 atom stereocenters. The van der Waals surface area contributed by atoms with E-state index in [9.17, 15) is 23.1 Å². The summed E-state index contributed by atoms with van der Waals surface area (Å²) in [4.78, 5) is 33.2. The van der Waals surface area contributed by atoms with E-state index >= 15 is 0 Å². The van der Waals surface area contributed by atoms with E-state index in [2.05, 4.69) is 15.6 Å². The number of hydrogen-bond acceptors (Lipinski definition) is 8. The summed E-state index contributed by atoms with van der Waals surface area (Å²) in [5.41, 5.74) is 1.25. The van der Waals surface area contributed by atoms with Gasteiger partial charge in [0.25, 0.3) is 15.9 Å². The van der Waals surface area contributed by atoms with Gasteiger partial charge in [-0.3, -0.25) is 4.79 Å². The summed E-state index contributed by atoms with van der Waals surface area (Å²) in [5, 5.41) is 17.8. The van der Waals surface area contributed by atoms with Crippen LogP contribution in [0.25, 0.3) is 10.8 Å². The second kappa shape index (κ2) is 16.7. The first-order valence-electron chi connectivity index (χ1n) is 17.2. The maximum atomic E-state index is 14.5. The summed E-state index contributed by atoms with van der Waals surface area (Å²) < 4.78 is 42.1. The van der Waals surface area contributed by atoms with Crippen LogP contribution >= 0.6 is 0 Å². The quantitative estimate of drug-likeness (QED) is 0.221. The molecule has 3 N–H and O–H groups in total. The molecular formula is C37H48N6O7S. The monoisotopic (exact) mass is 720 g/mol. The van der Waals surface area contributed by atoms with Gasteiger partial charge in [-0.1, -0.05) is 43.3 Å². The van der Waals surface area contributed by atoms with E-state index in [0.29, 0.717) is 30.2 Å². The molecular weight excluding hydrogens is 673 g/mol. The normalized spacial score (nSPS) is 19.9. The number of ether oxygens (including phenoxy) is 2. The Morgan fingerprint density at radius 2 is 1.86 bits per heavy atom. The summed E-state index contributed by atoms with van der Waals surface area (Å²) in [7, 11) is -0.703. The zero-order valence-electron chi connectivity index (χ0n) is 29.8. The van der Waals surface area contributed by atoms with Crippen molar-refractivity contribution in [3.63, 3.8) is 0 Å². The van der Waals surface area contributed by atoms with Crippen molar-refractivity contribution in [2.75, 3.05) is 44.0 Å². The number of likely N-dealkylation sites (N-methyl/N-ethyl adjacent to an activating group) is 1. The maximum absolute atomic E-state index is 14.5. The summed E-state index contributed by atoms with van der Waals surface area (Å²) >= 11 is 0. The van der Waals surface area contributed by atoms with Crippen LogP contribution in [0.15, 0.2) is 78.2 Å². The second-order valence-corrected chi connectivity index (χ2v) is 15.3. The number of nitrogens with zero attached hydrogens (tertiary/aromatic N) is 4. The third kappa shape index (κ3) is 9.25. The molecule has 0 saturated heterocycles. The molecule has 0 unspecified atom stereocenters. The second-order valence-electron chi connectivity index (χ2n) is 13.3. The first-order valence-corrected chi connectivity index (χ1v) is 18.7. The van der Waals surface area contributed by atoms with Gasteiger partial charge in [0, 0.05) is 57.0 Å². The van der Waals surface area contributed by atoms with Gasteiger partial charge in [-0.05, 0) is 62.8 Å². The number of carbonyl (C=O) groups excluding carboxylic acids is 2. The number of aryl methyl sites for hydroxylation is 1. The number of amides is 3. The minimum absolute atomic E-state index is 0.0333. The number of rotatable bonds is 8. The molecule has 0 aliphatic carbocycles. The summed E-state index contributed by atoms with van der Waals surface area (Å²) in [5.74, 6) is -0.390. The van der Waals surface area contributed by atoms with Crippen LogP contribution in [0.5, 0.6) is 5.75 Å². The van der Waals surface area contributed by atoms with Gasteiger partial charge in [0.15, 0.2) is 5.03 Å². The SMILES string of the molecule is C[C@H](CO)N1C[C@H](C)[C@H](CN(C)S(=O)(=O)c2cn(C)cn2)OCCCC[C@H](C)Oc2ccc(NC(=O)Nc3cccc4ccccc34)cc2C1=O. The molecule has 1 aliphatic rings. The lowest BCUT2D eigenvalue weighted by Gasteiger charge is -2.35. The zero-order chi connectivity index (χ0) is 36.7. The van der Waals surface area contributed by atoms with Crippen LogP contribution in [-0.4, -0.2) is 95.8 Å². The lowest BCUT2D eigenvalue weighted by Crippen LogP contribution is -2.48. The van der Waals surface area contributed by atoms with Crippen molar-refractivity contribution in [1.82, 2.24) is 18.8 Å². The molecule has 0 fully saturated rings. The molecule has 51 heavy (non-hydrogen) atoms. The van der Waals surface area contributed by atoms with Crippen LogP contribution in [0.2, 0.25) is 0 Å². The molecule has 274 valence electrons. The molecule has 3 aromatic carbocycles. The molecule has 0 bridgehead atoms. The van der Waals surface area contributed by atoms with Gasteiger partial charge in [-0.25, -0.2) is 18.2 Å². The van der Waals surface area contributed by atoms with E-state index in [0.717, 1.165) is 23.6 Å². The lowest BCUT2D eigenvalue weighted by atomic mass is 10.0.